The molecule has 14 heavy (non-hydrogen) atoms. The molecule has 3 rings (SSSR count). The van der Waals surface area contributed by atoms with Crippen LogP contribution in [-0.2, 0) is 0 Å². The molecule has 4 heteroatoms. The molecule has 2 fully saturated rings. The van der Waals surface area contributed by atoms with E-state index in [-0.39, 0.29) is 0 Å². The SMILES string of the molecule is Brc1nc(C2CC2NCC2CC2)cs1. The molecule has 0 bridgehead atoms. The van der Waals surface area contributed by atoms with Crippen LogP contribution in [0.2, 0.25) is 0 Å². The lowest BCUT2D eigenvalue weighted by Gasteiger charge is -2.00. The van der Waals surface area contributed by atoms with E-state index in [1.54, 1.807) is 11.3 Å². The number of halogens is 1. The molecule has 1 aromatic heterocycles. The number of aromatic nitrogens is 1. The summed E-state index contributed by atoms with van der Waals surface area (Å²) < 4.78 is 1.01. The summed E-state index contributed by atoms with van der Waals surface area (Å²) in [6.45, 7) is 1.23. The van der Waals surface area contributed by atoms with Gasteiger partial charge in [-0.2, -0.15) is 0 Å². The second-order valence-corrected chi connectivity index (χ2v) is 6.46. The van der Waals surface area contributed by atoms with Crippen LogP contribution in [0.1, 0.15) is 30.9 Å². The minimum atomic E-state index is 0.691. The Morgan fingerprint density at radius 2 is 2.43 bits per heavy atom. The Kier molecular flexibility index (Phi) is 2.38. The predicted molar refractivity (Wildman–Crippen MR) is 61.7 cm³/mol. The third-order valence-corrected chi connectivity index (χ3v) is 4.41. The molecule has 0 amide bonds. The molecular weight excluding hydrogens is 260 g/mol. The number of hydrogen-bond donors (Lipinski definition) is 1. The smallest absolute Gasteiger partial charge is 0.159 e. The first-order valence-corrected chi connectivity index (χ1v) is 6.84. The molecule has 0 saturated heterocycles. The van der Waals surface area contributed by atoms with Gasteiger partial charge in [0.15, 0.2) is 3.92 Å². The van der Waals surface area contributed by atoms with Crippen LogP contribution >= 0.6 is 27.3 Å². The molecule has 2 aliphatic carbocycles. The van der Waals surface area contributed by atoms with Gasteiger partial charge in [0.1, 0.15) is 0 Å². The van der Waals surface area contributed by atoms with E-state index >= 15 is 0 Å². The third-order valence-electron chi connectivity index (χ3n) is 3.03. The van der Waals surface area contributed by atoms with Gasteiger partial charge in [-0.05, 0) is 47.7 Å². The first-order chi connectivity index (χ1) is 6.83. The van der Waals surface area contributed by atoms with Crippen molar-refractivity contribution < 1.29 is 0 Å². The Bertz CT molecular complexity index is 335. The number of thiazole rings is 1. The van der Waals surface area contributed by atoms with Crippen molar-refractivity contribution >= 4 is 27.3 Å². The van der Waals surface area contributed by atoms with Gasteiger partial charge in [-0.25, -0.2) is 4.98 Å². The van der Waals surface area contributed by atoms with E-state index in [0.717, 1.165) is 9.83 Å². The summed E-state index contributed by atoms with van der Waals surface area (Å²) >= 11 is 5.10. The maximum atomic E-state index is 4.46. The van der Waals surface area contributed by atoms with Gasteiger partial charge in [-0.15, -0.1) is 11.3 Å². The summed E-state index contributed by atoms with van der Waals surface area (Å²) in [5.74, 6) is 1.68. The number of nitrogens with one attached hydrogen (secondary N) is 1. The van der Waals surface area contributed by atoms with Crippen molar-refractivity contribution in [2.75, 3.05) is 6.54 Å². The Morgan fingerprint density at radius 1 is 1.57 bits per heavy atom. The zero-order chi connectivity index (χ0) is 9.54. The minimum Gasteiger partial charge on any atom is -0.313 e. The molecule has 1 heterocycles. The summed E-state index contributed by atoms with van der Waals surface area (Å²) in [5.41, 5.74) is 1.27. The van der Waals surface area contributed by atoms with Crippen molar-refractivity contribution in [1.29, 1.82) is 0 Å². The maximum absolute atomic E-state index is 4.46. The van der Waals surface area contributed by atoms with E-state index in [2.05, 4.69) is 31.6 Å². The molecule has 1 aromatic rings. The Balaban J connectivity index is 1.51. The summed E-state index contributed by atoms with van der Waals surface area (Å²) in [4.78, 5) is 4.46. The Morgan fingerprint density at radius 3 is 3.07 bits per heavy atom. The molecule has 2 unspecified atom stereocenters. The number of hydrogen-bond acceptors (Lipinski definition) is 3. The number of rotatable bonds is 4. The van der Waals surface area contributed by atoms with Crippen molar-refractivity contribution in [1.82, 2.24) is 10.3 Å². The zero-order valence-corrected chi connectivity index (χ0v) is 10.3. The summed E-state index contributed by atoms with van der Waals surface area (Å²) in [6.07, 6.45) is 4.15. The van der Waals surface area contributed by atoms with Crippen LogP contribution in [0.3, 0.4) is 0 Å². The largest absolute Gasteiger partial charge is 0.313 e. The van der Waals surface area contributed by atoms with E-state index in [1.807, 2.05) is 0 Å². The van der Waals surface area contributed by atoms with E-state index in [0.29, 0.717) is 12.0 Å². The molecule has 1 N–H and O–H groups in total. The molecule has 2 nitrogen and oxygen atoms in total. The van der Waals surface area contributed by atoms with Crippen LogP contribution in [0.4, 0.5) is 0 Å². The molecule has 0 radical (unpaired) electrons. The highest BCUT2D eigenvalue weighted by Gasteiger charge is 2.40. The fraction of sp³-hybridized carbons (Fsp3) is 0.700. The zero-order valence-electron chi connectivity index (χ0n) is 7.87. The quantitative estimate of drug-likeness (QED) is 0.912. The van der Waals surface area contributed by atoms with Gasteiger partial charge in [0.2, 0.25) is 0 Å². The fourth-order valence-corrected chi connectivity index (χ4v) is 2.91. The average molecular weight is 273 g/mol. The van der Waals surface area contributed by atoms with Gasteiger partial charge in [0, 0.05) is 17.3 Å². The summed E-state index contributed by atoms with van der Waals surface area (Å²) in [5, 5.41) is 5.80. The second-order valence-electron chi connectivity index (χ2n) is 4.33. The van der Waals surface area contributed by atoms with Crippen molar-refractivity contribution in [3.05, 3.63) is 15.0 Å². The maximum Gasteiger partial charge on any atom is 0.159 e. The molecule has 76 valence electrons. The summed E-state index contributed by atoms with van der Waals surface area (Å²) in [7, 11) is 0. The van der Waals surface area contributed by atoms with Crippen molar-refractivity contribution in [2.24, 2.45) is 5.92 Å². The van der Waals surface area contributed by atoms with E-state index in [9.17, 15) is 0 Å². The van der Waals surface area contributed by atoms with Gasteiger partial charge >= 0.3 is 0 Å². The van der Waals surface area contributed by atoms with Gasteiger partial charge < -0.3 is 5.32 Å². The van der Waals surface area contributed by atoms with E-state index in [4.69, 9.17) is 0 Å². The van der Waals surface area contributed by atoms with Gasteiger partial charge in [0.25, 0.3) is 0 Å². The lowest BCUT2D eigenvalue weighted by molar-refractivity contribution is 0.623. The van der Waals surface area contributed by atoms with Gasteiger partial charge in [-0.3, -0.25) is 0 Å². The highest BCUT2D eigenvalue weighted by molar-refractivity contribution is 9.11. The second kappa shape index (κ2) is 3.58. The van der Waals surface area contributed by atoms with Crippen molar-refractivity contribution in [2.45, 2.75) is 31.2 Å². The predicted octanol–water partition coefficient (Wildman–Crippen LogP) is 2.76. The van der Waals surface area contributed by atoms with Crippen LogP contribution in [0.25, 0.3) is 0 Å². The van der Waals surface area contributed by atoms with Crippen LogP contribution in [0, 0.1) is 5.92 Å². The van der Waals surface area contributed by atoms with Crippen molar-refractivity contribution in [3.8, 4) is 0 Å². The Hall–Kier alpha value is 0.0700. The lowest BCUT2D eigenvalue weighted by Crippen LogP contribution is -2.20. The first-order valence-electron chi connectivity index (χ1n) is 5.17. The Labute approximate surface area is 96.3 Å². The normalized spacial score (nSPS) is 30.6. The standard InChI is InChI=1S/C10H13BrN2S/c11-10-13-9(5-14-10)7-3-8(7)12-4-6-1-2-6/h5-8,12H,1-4H2. The minimum absolute atomic E-state index is 0.691. The molecule has 0 aliphatic heterocycles. The fourth-order valence-electron chi connectivity index (χ4n) is 1.82. The number of nitrogens with zero attached hydrogens (tertiary/aromatic N) is 1. The topological polar surface area (TPSA) is 24.9 Å². The van der Waals surface area contributed by atoms with Crippen LogP contribution < -0.4 is 5.32 Å². The molecule has 0 aromatic carbocycles. The van der Waals surface area contributed by atoms with Crippen molar-refractivity contribution in [3.63, 3.8) is 0 Å². The van der Waals surface area contributed by atoms with Gasteiger partial charge in [-0.1, -0.05) is 0 Å². The average Bonchev–Trinajstić information content (AvgIpc) is 3.06. The van der Waals surface area contributed by atoms with Gasteiger partial charge in [0.05, 0.1) is 5.69 Å². The molecule has 2 aliphatic rings. The lowest BCUT2D eigenvalue weighted by atomic mass is 10.3. The first kappa shape index (κ1) is 9.31. The van der Waals surface area contributed by atoms with Crippen LogP contribution in [0.15, 0.2) is 9.30 Å². The molecule has 2 saturated carbocycles. The molecule has 0 spiro atoms. The molecular formula is C10H13BrN2S. The van der Waals surface area contributed by atoms with E-state index < -0.39 is 0 Å². The van der Waals surface area contributed by atoms with E-state index in [1.165, 1.54) is 31.5 Å². The highest BCUT2D eigenvalue weighted by atomic mass is 79.9. The molecule has 2 atom stereocenters. The van der Waals surface area contributed by atoms with Crippen LogP contribution in [0.5, 0.6) is 0 Å². The van der Waals surface area contributed by atoms with Crippen LogP contribution in [-0.4, -0.2) is 17.6 Å². The monoisotopic (exact) mass is 272 g/mol. The highest BCUT2D eigenvalue weighted by Crippen LogP contribution is 2.42. The third kappa shape index (κ3) is 2.02. The summed E-state index contributed by atoms with van der Waals surface area (Å²) in [6, 6.07) is 0.713.